The Morgan fingerprint density at radius 3 is 2.00 bits per heavy atom. The molecule has 3 nitrogen and oxygen atoms in total. The second kappa shape index (κ2) is 2.17. The fourth-order valence-corrected chi connectivity index (χ4v) is 1.54. The van der Waals surface area contributed by atoms with Crippen LogP contribution in [0.2, 0.25) is 0 Å². The Labute approximate surface area is 66.9 Å². The molecule has 11 heavy (non-hydrogen) atoms. The monoisotopic (exact) mass is 153 g/mol. The van der Waals surface area contributed by atoms with E-state index in [0.717, 1.165) is 0 Å². The highest BCUT2D eigenvalue weighted by atomic mass is 15.1. The van der Waals surface area contributed by atoms with Crippen LogP contribution in [0.4, 0.5) is 0 Å². The molecule has 2 atom stereocenters. The van der Waals surface area contributed by atoms with Gasteiger partial charge in [-0.05, 0) is 6.42 Å². The summed E-state index contributed by atoms with van der Waals surface area (Å²) in [5, 5.41) is 0. The molecule has 0 saturated heterocycles. The van der Waals surface area contributed by atoms with Gasteiger partial charge in [-0.15, -0.1) is 13.2 Å². The van der Waals surface area contributed by atoms with Crippen LogP contribution in [-0.2, 0) is 0 Å². The van der Waals surface area contributed by atoms with Gasteiger partial charge in [0.25, 0.3) is 0 Å². The molecule has 0 aliphatic heterocycles. The Morgan fingerprint density at radius 2 is 1.82 bits per heavy atom. The lowest BCUT2D eigenvalue weighted by atomic mass is 9.59. The minimum atomic E-state index is -0.812. The molecule has 0 heterocycles. The van der Waals surface area contributed by atoms with E-state index in [-0.39, 0.29) is 5.92 Å². The van der Waals surface area contributed by atoms with E-state index in [1.807, 2.05) is 0 Å². The van der Waals surface area contributed by atoms with Crippen LogP contribution in [0.1, 0.15) is 6.42 Å². The number of rotatable bonds is 2. The summed E-state index contributed by atoms with van der Waals surface area (Å²) in [5.41, 5.74) is 15.8. The topological polar surface area (TPSA) is 78.1 Å². The highest BCUT2D eigenvalue weighted by Crippen LogP contribution is 2.42. The second-order valence-electron chi connectivity index (χ2n) is 3.22. The Balaban J connectivity index is 2.87. The molecule has 1 aliphatic carbocycles. The zero-order chi connectivity index (χ0) is 8.70. The molecule has 0 amide bonds. The Morgan fingerprint density at radius 1 is 1.27 bits per heavy atom. The molecule has 1 saturated carbocycles. The molecule has 0 aromatic heterocycles. The molecule has 1 rings (SSSR count). The Hall–Kier alpha value is -0.640. The van der Waals surface area contributed by atoms with Crippen LogP contribution < -0.4 is 17.2 Å². The van der Waals surface area contributed by atoms with Crippen molar-refractivity contribution < 1.29 is 0 Å². The van der Waals surface area contributed by atoms with Gasteiger partial charge in [-0.1, -0.05) is 12.2 Å². The van der Waals surface area contributed by atoms with Crippen LogP contribution >= 0.6 is 0 Å². The lowest BCUT2D eigenvalue weighted by molar-refractivity contribution is 0.0791. The van der Waals surface area contributed by atoms with Gasteiger partial charge in [0.15, 0.2) is 0 Å². The zero-order valence-electron chi connectivity index (χ0n) is 6.59. The van der Waals surface area contributed by atoms with Crippen LogP contribution in [0, 0.1) is 5.92 Å². The molecule has 0 aromatic carbocycles. The van der Waals surface area contributed by atoms with Crippen molar-refractivity contribution in [2.75, 3.05) is 0 Å². The first-order valence-corrected chi connectivity index (χ1v) is 3.61. The SMILES string of the molecule is C=CC1CC(N)(N)C1(N)C=C. The summed E-state index contributed by atoms with van der Waals surface area (Å²) in [7, 11) is 0. The van der Waals surface area contributed by atoms with Crippen LogP contribution in [-0.4, -0.2) is 11.2 Å². The molecule has 2 unspecified atom stereocenters. The summed E-state index contributed by atoms with van der Waals surface area (Å²) in [5.74, 6) is 0.162. The van der Waals surface area contributed by atoms with Gasteiger partial charge in [0.1, 0.15) is 0 Å². The van der Waals surface area contributed by atoms with Crippen LogP contribution in [0.3, 0.4) is 0 Å². The average Bonchev–Trinajstić information content (AvgIpc) is 1.98. The molecule has 1 aliphatic rings. The van der Waals surface area contributed by atoms with E-state index >= 15 is 0 Å². The van der Waals surface area contributed by atoms with E-state index < -0.39 is 11.2 Å². The van der Waals surface area contributed by atoms with E-state index in [1.165, 1.54) is 0 Å². The summed E-state index contributed by atoms with van der Waals surface area (Å²) in [6, 6.07) is 0. The third-order valence-corrected chi connectivity index (χ3v) is 2.60. The van der Waals surface area contributed by atoms with E-state index in [4.69, 9.17) is 17.2 Å². The minimum absolute atomic E-state index is 0.162. The number of hydrogen-bond acceptors (Lipinski definition) is 3. The van der Waals surface area contributed by atoms with Crippen molar-refractivity contribution in [2.24, 2.45) is 23.1 Å². The summed E-state index contributed by atoms with van der Waals surface area (Å²) in [6.45, 7) is 7.27. The van der Waals surface area contributed by atoms with E-state index in [1.54, 1.807) is 12.2 Å². The van der Waals surface area contributed by atoms with Crippen molar-refractivity contribution in [1.82, 2.24) is 0 Å². The molecular formula is C8H15N3. The number of hydrogen-bond donors (Lipinski definition) is 3. The molecule has 6 N–H and O–H groups in total. The Bertz CT molecular complexity index is 198. The van der Waals surface area contributed by atoms with Crippen molar-refractivity contribution >= 4 is 0 Å². The maximum atomic E-state index is 5.90. The smallest absolute Gasteiger partial charge is 0.0870 e. The first kappa shape index (κ1) is 8.46. The normalized spacial score (nSPS) is 40.8. The highest BCUT2D eigenvalue weighted by Gasteiger charge is 2.56. The zero-order valence-corrected chi connectivity index (χ0v) is 6.59. The first-order valence-electron chi connectivity index (χ1n) is 3.61. The summed E-state index contributed by atoms with van der Waals surface area (Å²) in [6.07, 6.45) is 4.07. The second-order valence-corrected chi connectivity index (χ2v) is 3.22. The maximum absolute atomic E-state index is 5.90. The summed E-state index contributed by atoms with van der Waals surface area (Å²) < 4.78 is 0. The van der Waals surface area contributed by atoms with E-state index in [2.05, 4.69) is 13.2 Å². The van der Waals surface area contributed by atoms with E-state index in [9.17, 15) is 0 Å². The molecule has 0 bridgehead atoms. The quantitative estimate of drug-likeness (QED) is 0.376. The third-order valence-electron chi connectivity index (χ3n) is 2.60. The Kier molecular flexibility index (Phi) is 1.67. The van der Waals surface area contributed by atoms with Gasteiger partial charge < -0.3 is 17.2 Å². The third kappa shape index (κ3) is 0.854. The summed E-state index contributed by atoms with van der Waals surface area (Å²) >= 11 is 0. The molecule has 0 aromatic rings. The highest BCUT2D eigenvalue weighted by molar-refractivity contribution is 5.28. The fraction of sp³-hybridized carbons (Fsp3) is 0.500. The van der Waals surface area contributed by atoms with Gasteiger partial charge in [-0.3, -0.25) is 0 Å². The largest absolute Gasteiger partial charge is 0.319 e. The molecule has 0 spiro atoms. The van der Waals surface area contributed by atoms with Gasteiger partial charge in [0, 0.05) is 5.92 Å². The first-order chi connectivity index (χ1) is 4.98. The molecule has 0 radical (unpaired) electrons. The van der Waals surface area contributed by atoms with Crippen molar-refractivity contribution in [2.45, 2.75) is 17.6 Å². The van der Waals surface area contributed by atoms with Gasteiger partial charge >= 0.3 is 0 Å². The molecule has 3 heteroatoms. The van der Waals surface area contributed by atoms with Gasteiger partial charge in [-0.2, -0.15) is 0 Å². The fourth-order valence-electron chi connectivity index (χ4n) is 1.54. The van der Waals surface area contributed by atoms with Crippen molar-refractivity contribution in [3.8, 4) is 0 Å². The van der Waals surface area contributed by atoms with Crippen molar-refractivity contribution in [3.63, 3.8) is 0 Å². The molecule has 1 fully saturated rings. The lowest BCUT2D eigenvalue weighted by Gasteiger charge is -2.56. The maximum Gasteiger partial charge on any atom is 0.0870 e. The lowest BCUT2D eigenvalue weighted by Crippen LogP contribution is -2.81. The predicted octanol–water partition coefficient (Wildman–Crippen LogP) is -0.310. The molecular weight excluding hydrogens is 138 g/mol. The minimum Gasteiger partial charge on any atom is -0.319 e. The van der Waals surface area contributed by atoms with Crippen LogP contribution in [0.15, 0.2) is 25.3 Å². The standard InChI is InChI=1S/C8H15N3/c1-3-6-5-8(10,11)7(6,9)4-2/h3-4,6H,1-2,5,9-11H2. The van der Waals surface area contributed by atoms with Crippen molar-refractivity contribution in [1.29, 1.82) is 0 Å². The van der Waals surface area contributed by atoms with Gasteiger partial charge in [0.2, 0.25) is 0 Å². The van der Waals surface area contributed by atoms with E-state index in [0.29, 0.717) is 6.42 Å². The van der Waals surface area contributed by atoms with Gasteiger partial charge in [0.05, 0.1) is 11.2 Å². The average molecular weight is 153 g/mol. The van der Waals surface area contributed by atoms with Crippen LogP contribution in [0.5, 0.6) is 0 Å². The number of nitrogens with two attached hydrogens (primary N) is 3. The summed E-state index contributed by atoms with van der Waals surface area (Å²) in [4.78, 5) is 0. The van der Waals surface area contributed by atoms with Gasteiger partial charge in [-0.25, -0.2) is 0 Å². The molecule has 62 valence electrons. The van der Waals surface area contributed by atoms with Crippen LogP contribution in [0.25, 0.3) is 0 Å². The predicted molar refractivity (Wildman–Crippen MR) is 46.5 cm³/mol. The van der Waals surface area contributed by atoms with Crippen molar-refractivity contribution in [3.05, 3.63) is 25.3 Å².